The molecule has 0 aliphatic heterocycles. The van der Waals surface area contributed by atoms with Crippen LogP contribution in [0.4, 0.5) is 8.78 Å². The number of hydrogen-bond donors (Lipinski definition) is 4. The van der Waals surface area contributed by atoms with E-state index in [1.54, 1.807) is 6.92 Å². The number of ether oxygens (including phenoxy) is 3. The molecular weight excluding hydrogens is 426 g/mol. The van der Waals surface area contributed by atoms with Crippen molar-refractivity contribution in [3.05, 3.63) is 58.7 Å². The molecule has 6 N–H and O–H groups in total. The second-order valence-electron chi connectivity index (χ2n) is 6.55. The van der Waals surface area contributed by atoms with Crippen molar-refractivity contribution in [2.75, 3.05) is 20.3 Å². The summed E-state index contributed by atoms with van der Waals surface area (Å²) in [5.41, 5.74) is 10.8. The molecule has 0 spiro atoms. The van der Waals surface area contributed by atoms with Gasteiger partial charge < -0.3 is 31.0 Å². The lowest BCUT2D eigenvalue weighted by atomic mass is 10.1. The summed E-state index contributed by atoms with van der Waals surface area (Å²) in [7, 11) is 1.26. The molecule has 0 aliphatic carbocycles. The minimum absolute atomic E-state index is 0.0171. The summed E-state index contributed by atoms with van der Waals surface area (Å²) in [6, 6.07) is 6.36. The summed E-state index contributed by atoms with van der Waals surface area (Å²) < 4.78 is 44.4. The van der Waals surface area contributed by atoms with Gasteiger partial charge in [0.2, 0.25) is 0 Å². The fourth-order valence-electron chi connectivity index (χ4n) is 2.81. The van der Waals surface area contributed by atoms with E-state index in [2.05, 4.69) is 5.32 Å². The van der Waals surface area contributed by atoms with Crippen LogP contribution in [0.1, 0.15) is 29.7 Å². The third-order valence-corrected chi connectivity index (χ3v) is 4.32. The van der Waals surface area contributed by atoms with Gasteiger partial charge in [-0.1, -0.05) is 12.1 Å². The Labute approximate surface area is 183 Å². The van der Waals surface area contributed by atoms with E-state index >= 15 is 0 Å². The molecule has 2 amide bonds. The molecule has 32 heavy (non-hydrogen) atoms. The summed E-state index contributed by atoms with van der Waals surface area (Å²) >= 11 is 0. The van der Waals surface area contributed by atoms with E-state index in [0.29, 0.717) is 11.1 Å². The fraction of sp³-hybridized carbons (Fsp3) is 0.286. The van der Waals surface area contributed by atoms with Gasteiger partial charge in [0.1, 0.15) is 29.0 Å². The van der Waals surface area contributed by atoms with Crippen LogP contribution < -0.4 is 26.3 Å². The molecule has 9 nitrogen and oxygen atoms in total. The molecule has 11 heteroatoms. The Kier molecular flexibility index (Phi) is 8.47. The monoisotopic (exact) mass is 450 g/mol. The third kappa shape index (κ3) is 6.14. The molecule has 0 saturated heterocycles. The fourth-order valence-corrected chi connectivity index (χ4v) is 2.81. The largest absolute Gasteiger partial charge is 0.497 e. The number of carbonyl (C=O) groups is 2. The Morgan fingerprint density at radius 1 is 1.16 bits per heavy atom. The number of rotatable bonds is 11. The van der Waals surface area contributed by atoms with E-state index in [1.165, 1.54) is 25.3 Å². The predicted molar refractivity (Wildman–Crippen MR) is 111 cm³/mol. The highest BCUT2D eigenvalue weighted by Gasteiger charge is 2.28. The van der Waals surface area contributed by atoms with Crippen molar-refractivity contribution in [1.29, 1.82) is 5.41 Å². The summed E-state index contributed by atoms with van der Waals surface area (Å²) in [6.45, 7) is 1.03. The van der Waals surface area contributed by atoms with E-state index in [4.69, 9.17) is 31.1 Å². The minimum atomic E-state index is -1.56. The van der Waals surface area contributed by atoms with Crippen LogP contribution >= 0.6 is 0 Å². The second kappa shape index (κ2) is 11.0. The van der Waals surface area contributed by atoms with Gasteiger partial charge in [0.05, 0.1) is 12.7 Å². The summed E-state index contributed by atoms with van der Waals surface area (Å²) in [4.78, 5) is 23.8. The number of amidine groups is 1. The average molecular weight is 450 g/mol. The Bertz CT molecular complexity index is 993. The molecule has 2 rings (SSSR count). The number of nitrogen functional groups attached to an aromatic ring is 1. The van der Waals surface area contributed by atoms with Crippen molar-refractivity contribution in [3.63, 3.8) is 0 Å². The zero-order valence-electron chi connectivity index (χ0n) is 17.5. The van der Waals surface area contributed by atoms with E-state index in [9.17, 15) is 18.4 Å². The molecule has 0 bridgehead atoms. The number of primary amides is 1. The summed E-state index contributed by atoms with van der Waals surface area (Å²) in [6.07, 6.45) is -1.56. The zero-order chi connectivity index (χ0) is 23.8. The third-order valence-electron chi connectivity index (χ3n) is 4.32. The molecule has 0 fully saturated rings. The molecule has 1 atom stereocenters. The van der Waals surface area contributed by atoms with Crippen LogP contribution in [-0.4, -0.2) is 38.0 Å². The Balaban J connectivity index is 2.27. The van der Waals surface area contributed by atoms with Gasteiger partial charge in [0.15, 0.2) is 12.7 Å². The maximum atomic E-state index is 14.5. The van der Waals surface area contributed by atoms with Gasteiger partial charge in [-0.05, 0) is 13.0 Å². The molecular formula is C21H24F2N4O5. The van der Waals surface area contributed by atoms with Crippen LogP contribution in [0.5, 0.6) is 11.5 Å². The molecule has 0 aliphatic rings. The lowest BCUT2D eigenvalue weighted by Gasteiger charge is -2.20. The first-order chi connectivity index (χ1) is 15.2. The maximum absolute atomic E-state index is 14.5. The van der Waals surface area contributed by atoms with Crippen molar-refractivity contribution in [3.8, 4) is 11.5 Å². The number of benzene rings is 2. The van der Waals surface area contributed by atoms with Crippen LogP contribution in [-0.2, 0) is 20.9 Å². The molecule has 0 aromatic heterocycles. The molecule has 0 saturated carbocycles. The first-order valence-electron chi connectivity index (χ1n) is 9.48. The Morgan fingerprint density at radius 2 is 1.81 bits per heavy atom. The van der Waals surface area contributed by atoms with Crippen molar-refractivity contribution in [2.24, 2.45) is 11.5 Å². The van der Waals surface area contributed by atoms with Gasteiger partial charge in [-0.25, -0.2) is 8.78 Å². The highest BCUT2D eigenvalue weighted by Crippen LogP contribution is 2.29. The number of amides is 2. The van der Waals surface area contributed by atoms with Gasteiger partial charge in [-0.3, -0.25) is 15.0 Å². The Morgan fingerprint density at radius 3 is 2.34 bits per heavy atom. The number of nitrogens with two attached hydrogens (primary N) is 2. The number of nitrogens with one attached hydrogen (secondary N) is 2. The maximum Gasteiger partial charge on any atom is 0.255 e. The van der Waals surface area contributed by atoms with Crippen LogP contribution in [0.15, 0.2) is 30.3 Å². The molecule has 2 aromatic rings. The highest BCUT2D eigenvalue weighted by molar-refractivity contribution is 5.95. The quantitative estimate of drug-likeness (QED) is 0.301. The minimum Gasteiger partial charge on any atom is -0.497 e. The summed E-state index contributed by atoms with van der Waals surface area (Å²) in [5, 5.41) is 10.1. The van der Waals surface area contributed by atoms with Crippen molar-refractivity contribution < 1.29 is 32.6 Å². The SMILES string of the molecule is CCOC(C(=O)NCc1ccc(C(=N)N)cc1OCC(N)=O)c1c(F)cc(OC)cc1F. The van der Waals surface area contributed by atoms with Crippen molar-refractivity contribution in [1.82, 2.24) is 5.32 Å². The smallest absolute Gasteiger partial charge is 0.255 e. The Hall–Kier alpha value is -3.73. The average Bonchev–Trinajstić information content (AvgIpc) is 2.74. The number of carbonyl (C=O) groups excluding carboxylic acids is 2. The lowest BCUT2D eigenvalue weighted by molar-refractivity contribution is -0.133. The molecule has 0 heterocycles. The first kappa shape index (κ1) is 24.5. The molecule has 172 valence electrons. The van der Waals surface area contributed by atoms with Crippen LogP contribution in [0.25, 0.3) is 0 Å². The number of methoxy groups -OCH3 is 1. The first-order valence-corrected chi connectivity index (χ1v) is 9.48. The lowest BCUT2D eigenvalue weighted by Crippen LogP contribution is -2.32. The highest BCUT2D eigenvalue weighted by atomic mass is 19.1. The predicted octanol–water partition coefficient (Wildman–Crippen LogP) is 1.52. The van der Waals surface area contributed by atoms with Crippen molar-refractivity contribution >= 4 is 17.6 Å². The standard InChI is InChI=1S/C21H24F2N4O5/c1-3-31-19(18-14(22)7-13(30-2)8-15(18)23)21(29)27-9-12-5-4-11(20(25)26)6-16(12)32-10-17(24)28/h4-8,19H,3,9-10H2,1-2H3,(H2,24,28)(H3,25,26)(H,27,29). The van der Waals surface area contributed by atoms with Gasteiger partial charge in [0, 0.05) is 36.4 Å². The zero-order valence-corrected chi connectivity index (χ0v) is 17.5. The van der Waals surface area contributed by atoms with Crippen LogP contribution in [0, 0.1) is 17.0 Å². The van der Waals surface area contributed by atoms with E-state index < -0.39 is 41.7 Å². The molecule has 1 unspecified atom stereocenters. The number of halogens is 2. The van der Waals surface area contributed by atoms with Gasteiger partial charge >= 0.3 is 0 Å². The second-order valence-corrected chi connectivity index (χ2v) is 6.55. The topological polar surface area (TPSA) is 150 Å². The van der Waals surface area contributed by atoms with E-state index in [0.717, 1.165) is 12.1 Å². The van der Waals surface area contributed by atoms with Crippen LogP contribution in [0.3, 0.4) is 0 Å². The van der Waals surface area contributed by atoms with Crippen LogP contribution in [0.2, 0.25) is 0 Å². The van der Waals surface area contributed by atoms with Gasteiger partial charge in [0.25, 0.3) is 11.8 Å². The van der Waals surface area contributed by atoms with E-state index in [-0.39, 0.29) is 30.5 Å². The normalized spacial score (nSPS) is 11.5. The molecule has 0 radical (unpaired) electrons. The van der Waals surface area contributed by atoms with Gasteiger partial charge in [-0.2, -0.15) is 0 Å². The van der Waals surface area contributed by atoms with E-state index in [1.807, 2.05) is 0 Å². The van der Waals surface area contributed by atoms with Crippen molar-refractivity contribution in [2.45, 2.75) is 19.6 Å². The number of hydrogen-bond acceptors (Lipinski definition) is 6. The van der Waals surface area contributed by atoms with Gasteiger partial charge in [-0.15, -0.1) is 0 Å². The molecule has 2 aromatic carbocycles. The summed E-state index contributed by atoms with van der Waals surface area (Å²) in [5.74, 6) is -3.63.